The molecular formula is C6H7ClN6S. The predicted molar refractivity (Wildman–Crippen MR) is 57.2 cm³/mol. The summed E-state index contributed by atoms with van der Waals surface area (Å²) in [6, 6.07) is 0. The van der Waals surface area contributed by atoms with Crippen molar-refractivity contribution < 1.29 is 0 Å². The first-order chi connectivity index (χ1) is 6.72. The maximum atomic E-state index is 8.32. The topological polar surface area (TPSA) is 86.6 Å². The Hall–Kier alpha value is -1.17. The van der Waals surface area contributed by atoms with Gasteiger partial charge in [-0.1, -0.05) is 11.6 Å². The van der Waals surface area contributed by atoms with Crippen molar-refractivity contribution in [1.29, 1.82) is 0 Å². The van der Waals surface area contributed by atoms with Crippen LogP contribution in [0, 0.1) is 0 Å². The molecule has 6 nitrogen and oxygen atoms in total. The van der Waals surface area contributed by atoms with Crippen LogP contribution < -0.4 is 5.32 Å². The molecule has 1 N–H and O–H groups in total. The number of halogens is 1. The second kappa shape index (κ2) is 4.90. The molecule has 8 heteroatoms. The Morgan fingerprint density at radius 1 is 1.57 bits per heavy atom. The number of anilines is 1. The molecule has 1 rings (SSSR count). The summed E-state index contributed by atoms with van der Waals surface area (Å²) >= 11 is 7.19. The summed E-state index contributed by atoms with van der Waals surface area (Å²) in [5, 5.41) is 6.43. The molecule has 0 atom stereocenters. The molecule has 0 unspecified atom stereocenters. The van der Waals surface area contributed by atoms with Crippen molar-refractivity contribution in [3.63, 3.8) is 0 Å². The first kappa shape index (κ1) is 10.9. The lowest BCUT2D eigenvalue weighted by atomic mass is 10.6. The van der Waals surface area contributed by atoms with Gasteiger partial charge in [-0.3, -0.25) is 0 Å². The summed E-state index contributed by atoms with van der Waals surface area (Å²) in [5.41, 5.74) is 8.32. The lowest BCUT2D eigenvalue weighted by Crippen LogP contribution is -1.97. The second-order valence-corrected chi connectivity index (χ2v) is 3.31. The van der Waals surface area contributed by atoms with E-state index < -0.39 is 0 Å². The van der Waals surface area contributed by atoms with E-state index in [1.165, 1.54) is 11.8 Å². The van der Waals surface area contributed by atoms with Crippen LogP contribution in [0.25, 0.3) is 10.4 Å². The molecule has 0 radical (unpaired) electrons. The van der Waals surface area contributed by atoms with Gasteiger partial charge in [-0.05, 0) is 16.9 Å². The highest BCUT2D eigenvalue weighted by atomic mass is 35.5. The summed E-state index contributed by atoms with van der Waals surface area (Å²) in [7, 11) is 1.66. The van der Waals surface area contributed by atoms with Crippen LogP contribution >= 0.6 is 23.4 Å². The largest absolute Gasteiger partial charge is 0.357 e. The van der Waals surface area contributed by atoms with E-state index in [-0.39, 0.29) is 11.0 Å². The Kier molecular flexibility index (Phi) is 3.82. The molecule has 0 aliphatic carbocycles. The van der Waals surface area contributed by atoms with Crippen LogP contribution in [-0.2, 0) is 0 Å². The fourth-order valence-electron chi connectivity index (χ4n) is 0.810. The zero-order valence-electron chi connectivity index (χ0n) is 7.52. The van der Waals surface area contributed by atoms with E-state index in [0.29, 0.717) is 10.8 Å². The molecule has 0 aliphatic heterocycles. The van der Waals surface area contributed by atoms with Crippen LogP contribution in [0.5, 0.6) is 0 Å². The Labute approximate surface area is 89.7 Å². The number of nitrogens with zero attached hydrogens (tertiary/aromatic N) is 5. The molecule has 0 spiro atoms. The number of aromatic nitrogens is 2. The summed E-state index contributed by atoms with van der Waals surface area (Å²) in [4.78, 5) is 11.1. The predicted octanol–water partition coefficient (Wildman–Crippen LogP) is 2.84. The van der Waals surface area contributed by atoms with Gasteiger partial charge in [0.2, 0.25) is 5.95 Å². The minimum absolute atomic E-state index is 0.240. The quantitative estimate of drug-likeness (QED) is 0.284. The van der Waals surface area contributed by atoms with Gasteiger partial charge in [0.05, 0.1) is 4.90 Å². The van der Waals surface area contributed by atoms with E-state index in [1.807, 2.05) is 0 Å². The molecule has 0 saturated carbocycles. The summed E-state index contributed by atoms with van der Waals surface area (Å²) in [5.74, 6) is 0.569. The van der Waals surface area contributed by atoms with E-state index in [4.69, 9.17) is 17.1 Å². The molecule has 1 heterocycles. The lowest BCUT2D eigenvalue weighted by Gasteiger charge is -2.05. The zero-order valence-corrected chi connectivity index (χ0v) is 9.09. The molecule has 1 aromatic rings. The van der Waals surface area contributed by atoms with Crippen LogP contribution in [0.1, 0.15) is 0 Å². The average molecular weight is 231 g/mol. The molecule has 1 aromatic heterocycles. The van der Waals surface area contributed by atoms with Crippen molar-refractivity contribution in [2.45, 2.75) is 4.90 Å². The van der Waals surface area contributed by atoms with Gasteiger partial charge >= 0.3 is 0 Å². The van der Waals surface area contributed by atoms with Crippen LogP contribution in [0.15, 0.2) is 10.0 Å². The standard InChI is InChI=1S/C6H7ClN6S/c1-9-6-10-4(7)3(14-2)5(11-6)12-13-8/h1-2H3,(H,9,10,11). The Bertz CT molecular complexity index is 388. The zero-order chi connectivity index (χ0) is 10.6. The van der Waals surface area contributed by atoms with Gasteiger partial charge in [0, 0.05) is 12.0 Å². The van der Waals surface area contributed by atoms with Crippen LogP contribution in [0.2, 0.25) is 5.15 Å². The Morgan fingerprint density at radius 2 is 2.29 bits per heavy atom. The third-order valence-electron chi connectivity index (χ3n) is 1.37. The van der Waals surface area contributed by atoms with Crippen molar-refractivity contribution in [2.75, 3.05) is 18.6 Å². The summed E-state index contributed by atoms with van der Waals surface area (Å²) in [6.45, 7) is 0. The number of hydrogen-bond donors (Lipinski definition) is 1. The minimum Gasteiger partial charge on any atom is -0.357 e. The number of hydrogen-bond acceptors (Lipinski definition) is 5. The molecule has 0 saturated heterocycles. The van der Waals surface area contributed by atoms with Crippen LogP contribution in [0.4, 0.5) is 11.8 Å². The van der Waals surface area contributed by atoms with Gasteiger partial charge in [0.15, 0.2) is 0 Å². The number of rotatable bonds is 3. The molecule has 74 valence electrons. The third kappa shape index (κ3) is 2.20. The van der Waals surface area contributed by atoms with Crippen molar-refractivity contribution >= 4 is 35.1 Å². The SMILES string of the molecule is CNc1nc(Cl)c(SC)c(N=[N+]=[N-])n1. The second-order valence-electron chi connectivity index (χ2n) is 2.13. The smallest absolute Gasteiger partial charge is 0.224 e. The maximum Gasteiger partial charge on any atom is 0.224 e. The van der Waals surface area contributed by atoms with Gasteiger partial charge in [0.1, 0.15) is 11.0 Å². The molecule has 0 fully saturated rings. The van der Waals surface area contributed by atoms with E-state index in [9.17, 15) is 0 Å². The highest BCUT2D eigenvalue weighted by molar-refractivity contribution is 7.98. The van der Waals surface area contributed by atoms with Gasteiger partial charge in [0.25, 0.3) is 0 Å². The van der Waals surface area contributed by atoms with E-state index >= 15 is 0 Å². The first-order valence-corrected chi connectivity index (χ1v) is 5.17. The minimum atomic E-state index is 0.240. The number of azide groups is 1. The van der Waals surface area contributed by atoms with Crippen molar-refractivity contribution in [1.82, 2.24) is 9.97 Å². The van der Waals surface area contributed by atoms with Gasteiger partial charge in [-0.25, -0.2) is 4.98 Å². The average Bonchev–Trinajstić information content (AvgIpc) is 2.18. The molecule has 0 amide bonds. The first-order valence-electron chi connectivity index (χ1n) is 3.57. The highest BCUT2D eigenvalue weighted by Gasteiger charge is 2.09. The third-order valence-corrected chi connectivity index (χ3v) is 2.54. The molecule has 0 bridgehead atoms. The summed E-state index contributed by atoms with van der Waals surface area (Å²) in [6.07, 6.45) is 1.81. The monoisotopic (exact) mass is 230 g/mol. The van der Waals surface area contributed by atoms with Crippen molar-refractivity contribution in [3.8, 4) is 0 Å². The number of thioether (sulfide) groups is 1. The van der Waals surface area contributed by atoms with Crippen molar-refractivity contribution in [3.05, 3.63) is 15.6 Å². The fraction of sp³-hybridized carbons (Fsp3) is 0.333. The Balaban J connectivity index is 3.34. The van der Waals surface area contributed by atoms with Gasteiger partial charge < -0.3 is 5.32 Å². The molecule has 0 aromatic carbocycles. The lowest BCUT2D eigenvalue weighted by molar-refractivity contribution is 1.08. The normalized spacial score (nSPS) is 9.36. The maximum absolute atomic E-state index is 8.32. The highest BCUT2D eigenvalue weighted by Crippen LogP contribution is 2.32. The van der Waals surface area contributed by atoms with E-state index in [1.54, 1.807) is 13.3 Å². The number of nitrogens with one attached hydrogen (secondary N) is 1. The molecule has 14 heavy (non-hydrogen) atoms. The van der Waals surface area contributed by atoms with E-state index in [2.05, 4.69) is 25.3 Å². The summed E-state index contributed by atoms with van der Waals surface area (Å²) < 4.78 is 0. The fourth-order valence-corrected chi connectivity index (χ4v) is 1.69. The van der Waals surface area contributed by atoms with Crippen LogP contribution in [-0.4, -0.2) is 23.3 Å². The molecular weight excluding hydrogens is 224 g/mol. The van der Waals surface area contributed by atoms with Crippen LogP contribution in [0.3, 0.4) is 0 Å². The molecule has 0 aliphatic rings. The van der Waals surface area contributed by atoms with E-state index in [0.717, 1.165) is 0 Å². The van der Waals surface area contributed by atoms with Gasteiger partial charge in [-0.2, -0.15) is 4.98 Å². The Morgan fingerprint density at radius 3 is 2.79 bits per heavy atom. The van der Waals surface area contributed by atoms with Crippen molar-refractivity contribution in [2.24, 2.45) is 5.11 Å². The van der Waals surface area contributed by atoms with Gasteiger partial charge in [-0.15, -0.1) is 11.8 Å².